The van der Waals surface area contributed by atoms with Crippen molar-refractivity contribution in [3.8, 4) is 0 Å². The van der Waals surface area contributed by atoms with Crippen molar-refractivity contribution in [3.63, 3.8) is 0 Å². The summed E-state index contributed by atoms with van der Waals surface area (Å²) in [6, 6.07) is 0.485. The van der Waals surface area contributed by atoms with Crippen LogP contribution in [0.3, 0.4) is 0 Å². The van der Waals surface area contributed by atoms with Crippen LogP contribution in [0, 0.1) is 10.1 Å². The van der Waals surface area contributed by atoms with Gasteiger partial charge >= 0.3 is 5.69 Å². The number of aromatic nitrogens is 2. The molecule has 0 bridgehead atoms. The SMILES string of the molecule is CNc1ncc([N+](=O)[O-])c(NCCCN(C)C(C)C)n1. The van der Waals surface area contributed by atoms with E-state index < -0.39 is 4.92 Å². The zero-order valence-corrected chi connectivity index (χ0v) is 12.4. The van der Waals surface area contributed by atoms with Crippen LogP contribution in [0.1, 0.15) is 20.3 Å². The summed E-state index contributed by atoms with van der Waals surface area (Å²) >= 11 is 0. The fourth-order valence-electron chi connectivity index (χ4n) is 1.55. The number of nitrogens with one attached hydrogen (secondary N) is 2. The standard InChI is InChI=1S/C12H22N6O2/c1-9(2)17(4)7-5-6-14-11-10(18(19)20)8-15-12(13-3)16-11/h8-9H,5-7H2,1-4H3,(H2,13,14,15,16). The number of nitrogens with zero attached hydrogens (tertiary/aromatic N) is 4. The maximum absolute atomic E-state index is 10.9. The molecule has 0 amide bonds. The molecule has 1 aromatic heterocycles. The zero-order valence-electron chi connectivity index (χ0n) is 12.4. The third-order valence-electron chi connectivity index (χ3n) is 3.05. The summed E-state index contributed by atoms with van der Waals surface area (Å²) in [5.41, 5.74) is -0.110. The molecule has 0 unspecified atom stereocenters. The summed E-state index contributed by atoms with van der Waals surface area (Å²) in [6.45, 7) is 5.80. The Morgan fingerprint density at radius 1 is 1.50 bits per heavy atom. The van der Waals surface area contributed by atoms with E-state index in [-0.39, 0.29) is 11.5 Å². The zero-order chi connectivity index (χ0) is 15.1. The molecule has 0 aliphatic heterocycles. The second kappa shape index (κ2) is 7.59. The fourth-order valence-corrected chi connectivity index (χ4v) is 1.55. The monoisotopic (exact) mass is 282 g/mol. The average molecular weight is 282 g/mol. The van der Waals surface area contributed by atoms with E-state index in [1.54, 1.807) is 7.05 Å². The summed E-state index contributed by atoms with van der Waals surface area (Å²) in [7, 11) is 3.72. The predicted octanol–water partition coefficient (Wildman–Crippen LogP) is 1.57. The smallest absolute Gasteiger partial charge is 0.329 e. The summed E-state index contributed by atoms with van der Waals surface area (Å²) in [5.74, 6) is 0.610. The van der Waals surface area contributed by atoms with E-state index in [1.807, 2.05) is 0 Å². The van der Waals surface area contributed by atoms with Crippen molar-refractivity contribution in [3.05, 3.63) is 16.3 Å². The highest BCUT2D eigenvalue weighted by molar-refractivity contribution is 5.56. The molecule has 1 rings (SSSR count). The molecule has 20 heavy (non-hydrogen) atoms. The van der Waals surface area contributed by atoms with Crippen LogP contribution in [-0.4, -0.2) is 53.0 Å². The Labute approximate surface area is 118 Å². The minimum atomic E-state index is -0.484. The topological polar surface area (TPSA) is 96.2 Å². The van der Waals surface area contributed by atoms with Gasteiger partial charge in [0, 0.05) is 19.6 Å². The number of nitro groups is 1. The van der Waals surface area contributed by atoms with Gasteiger partial charge in [-0.3, -0.25) is 10.1 Å². The van der Waals surface area contributed by atoms with Crippen LogP contribution in [0.2, 0.25) is 0 Å². The molecular formula is C12H22N6O2. The van der Waals surface area contributed by atoms with E-state index in [1.165, 1.54) is 6.20 Å². The van der Waals surface area contributed by atoms with Crippen LogP contribution in [0.15, 0.2) is 6.20 Å². The van der Waals surface area contributed by atoms with E-state index >= 15 is 0 Å². The lowest BCUT2D eigenvalue weighted by atomic mass is 10.3. The Bertz CT molecular complexity index is 452. The quantitative estimate of drug-likeness (QED) is 0.424. The van der Waals surface area contributed by atoms with Gasteiger partial charge in [-0.25, -0.2) is 4.98 Å². The van der Waals surface area contributed by atoms with E-state index in [0.717, 1.165) is 13.0 Å². The highest BCUT2D eigenvalue weighted by Crippen LogP contribution is 2.21. The highest BCUT2D eigenvalue weighted by atomic mass is 16.6. The first-order valence-electron chi connectivity index (χ1n) is 6.59. The second-order valence-corrected chi connectivity index (χ2v) is 4.79. The van der Waals surface area contributed by atoms with Gasteiger partial charge < -0.3 is 15.5 Å². The molecule has 0 aromatic carbocycles. The second-order valence-electron chi connectivity index (χ2n) is 4.79. The predicted molar refractivity (Wildman–Crippen MR) is 79.1 cm³/mol. The van der Waals surface area contributed by atoms with Crippen LogP contribution in [0.25, 0.3) is 0 Å². The summed E-state index contributed by atoms with van der Waals surface area (Å²) in [6.07, 6.45) is 2.09. The Morgan fingerprint density at radius 3 is 2.75 bits per heavy atom. The first-order valence-corrected chi connectivity index (χ1v) is 6.59. The van der Waals surface area contributed by atoms with Crippen LogP contribution in [0.5, 0.6) is 0 Å². The van der Waals surface area contributed by atoms with Crippen molar-refractivity contribution >= 4 is 17.5 Å². The molecule has 0 saturated carbocycles. The van der Waals surface area contributed by atoms with Crippen molar-refractivity contribution < 1.29 is 4.92 Å². The summed E-state index contributed by atoms with van der Waals surface area (Å²) in [4.78, 5) is 20.6. The molecule has 0 fully saturated rings. The van der Waals surface area contributed by atoms with Gasteiger partial charge in [0.2, 0.25) is 11.8 Å². The number of hydrogen-bond acceptors (Lipinski definition) is 7. The van der Waals surface area contributed by atoms with Crippen molar-refractivity contribution in [2.24, 2.45) is 0 Å². The number of hydrogen-bond donors (Lipinski definition) is 2. The van der Waals surface area contributed by atoms with Gasteiger partial charge in [0.25, 0.3) is 0 Å². The molecule has 0 saturated heterocycles. The third-order valence-corrected chi connectivity index (χ3v) is 3.05. The van der Waals surface area contributed by atoms with Gasteiger partial charge in [0.1, 0.15) is 6.20 Å². The molecule has 1 aromatic rings. The largest absolute Gasteiger partial charge is 0.364 e. The minimum absolute atomic E-state index is 0.110. The third kappa shape index (κ3) is 4.61. The first-order chi connectivity index (χ1) is 9.45. The molecule has 2 N–H and O–H groups in total. The Balaban J connectivity index is 2.60. The summed E-state index contributed by atoms with van der Waals surface area (Å²) in [5, 5.41) is 16.7. The lowest BCUT2D eigenvalue weighted by molar-refractivity contribution is -0.384. The van der Waals surface area contributed by atoms with Crippen molar-refractivity contribution in [2.75, 3.05) is 37.8 Å². The van der Waals surface area contributed by atoms with Crippen LogP contribution < -0.4 is 10.6 Å². The van der Waals surface area contributed by atoms with E-state index in [0.29, 0.717) is 18.5 Å². The van der Waals surface area contributed by atoms with Crippen LogP contribution >= 0.6 is 0 Å². The Kier molecular flexibility index (Phi) is 6.10. The maximum atomic E-state index is 10.9. The molecule has 0 aliphatic carbocycles. The van der Waals surface area contributed by atoms with E-state index in [9.17, 15) is 10.1 Å². The lowest BCUT2D eigenvalue weighted by Crippen LogP contribution is -2.28. The van der Waals surface area contributed by atoms with Crippen LogP contribution in [-0.2, 0) is 0 Å². The van der Waals surface area contributed by atoms with Gasteiger partial charge in [-0.1, -0.05) is 0 Å². The van der Waals surface area contributed by atoms with Crippen LogP contribution in [0.4, 0.5) is 17.5 Å². The van der Waals surface area contributed by atoms with Crippen molar-refractivity contribution in [1.82, 2.24) is 14.9 Å². The Hall–Kier alpha value is -1.96. The molecular weight excluding hydrogens is 260 g/mol. The van der Waals surface area contributed by atoms with Crippen molar-refractivity contribution in [1.29, 1.82) is 0 Å². The average Bonchev–Trinajstić information content (AvgIpc) is 2.42. The van der Waals surface area contributed by atoms with Crippen molar-refractivity contribution in [2.45, 2.75) is 26.3 Å². The van der Waals surface area contributed by atoms with E-state index in [2.05, 4.69) is 46.4 Å². The molecule has 0 radical (unpaired) electrons. The first kappa shape index (κ1) is 16.1. The molecule has 0 atom stereocenters. The van der Waals surface area contributed by atoms with Gasteiger partial charge in [0.15, 0.2) is 0 Å². The lowest BCUT2D eigenvalue weighted by Gasteiger charge is -2.20. The fraction of sp³-hybridized carbons (Fsp3) is 0.667. The molecule has 0 spiro atoms. The highest BCUT2D eigenvalue weighted by Gasteiger charge is 2.16. The Morgan fingerprint density at radius 2 is 2.20 bits per heavy atom. The van der Waals surface area contributed by atoms with Gasteiger partial charge in [0.05, 0.1) is 4.92 Å². The normalized spacial score (nSPS) is 10.9. The molecule has 8 heteroatoms. The molecule has 0 aliphatic rings. The van der Waals surface area contributed by atoms with E-state index in [4.69, 9.17) is 0 Å². The molecule has 8 nitrogen and oxygen atoms in total. The summed E-state index contributed by atoms with van der Waals surface area (Å²) < 4.78 is 0. The van der Waals surface area contributed by atoms with Gasteiger partial charge in [-0.2, -0.15) is 4.98 Å². The minimum Gasteiger partial charge on any atom is -0.364 e. The number of anilines is 2. The van der Waals surface area contributed by atoms with Gasteiger partial charge in [-0.05, 0) is 33.9 Å². The molecule has 1 heterocycles. The number of rotatable bonds is 8. The molecule has 112 valence electrons. The maximum Gasteiger partial charge on any atom is 0.329 e. The van der Waals surface area contributed by atoms with Gasteiger partial charge in [-0.15, -0.1) is 0 Å².